The van der Waals surface area contributed by atoms with Crippen LogP contribution in [0.3, 0.4) is 0 Å². The van der Waals surface area contributed by atoms with Crippen LogP contribution in [0.5, 0.6) is 5.88 Å². The van der Waals surface area contributed by atoms with E-state index in [0.29, 0.717) is 37.7 Å². The number of piperazine rings is 1. The first-order valence-electron chi connectivity index (χ1n) is 8.60. The predicted molar refractivity (Wildman–Crippen MR) is 93.8 cm³/mol. The third-order valence-corrected chi connectivity index (χ3v) is 4.03. The number of rotatable bonds is 5. The van der Waals surface area contributed by atoms with Gasteiger partial charge in [0.15, 0.2) is 6.61 Å². The van der Waals surface area contributed by atoms with Crippen molar-refractivity contribution in [1.82, 2.24) is 25.2 Å². The molecule has 28 heavy (non-hydrogen) atoms. The van der Waals surface area contributed by atoms with E-state index >= 15 is 0 Å². The number of ether oxygens (including phenoxy) is 1. The molecule has 11 heteroatoms. The number of aromatic nitrogens is 3. The highest BCUT2D eigenvalue weighted by Gasteiger charge is 2.28. The number of carbonyl (C=O) groups excluding carboxylic acids is 1. The van der Waals surface area contributed by atoms with Crippen LogP contribution < -0.4 is 15.0 Å². The Labute approximate surface area is 159 Å². The number of halogens is 3. The smallest absolute Gasteiger partial charge is 0.422 e. The summed E-state index contributed by atoms with van der Waals surface area (Å²) >= 11 is 0. The Hall–Kier alpha value is -3.11. The molecule has 0 aliphatic carbocycles. The predicted octanol–water partition coefficient (Wildman–Crippen LogP) is 1.84. The van der Waals surface area contributed by atoms with E-state index in [0.717, 1.165) is 0 Å². The molecule has 0 unspecified atom stereocenters. The lowest BCUT2D eigenvalue weighted by molar-refractivity contribution is -0.154. The number of alkyl halides is 3. The number of nitrogens with one attached hydrogen (secondary N) is 1. The van der Waals surface area contributed by atoms with Gasteiger partial charge in [-0.05, 0) is 17.7 Å². The van der Waals surface area contributed by atoms with Crippen molar-refractivity contribution >= 4 is 12.0 Å². The number of nitrogens with zero attached hydrogens (tertiary/aromatic N) is 5. The van der Waals surface area contributed by atoms with Gasteiger partial charge in [-0.3, -0.25) is 0 Å². The van der Waals surface area contributed by atoms with Crippen LogP contribution in [0, 0.1) is 0 Å². The van der Waals surface area contributed by atoms with Gasteiger partial charge in [-0.15, -0.1) is 0 Å². The summed E-state index contributed by atoms with van der Waals surface area (Å²) in [5.74, 6) is 0.492. The first-order valence-corrected chi connectivity index (χ1v) is 8.60. The molecule has 0 saturated carbocycles. The Morgan fingerprint density at radius 1 is 1.11 bits per heavy atom. The molecule has 1 aliphatic heterocycles. The summed E-state index contributed by atoms with van der Waals surface area (Å²) in [4.78, 5) is 28.1. The second-order valence-corrected chi connectivity index (χ2v) is 6.09. The standard InChI is InChI=1S/C17H19F3N6O2/c18-17(19,20)12-28-14-10-13(2-5-21-14)11-24-16(27)26-8-6-25(7-9-26)15-22-3-1-4-23-15/h1-5,10H,6-9,11-12H2,(H,24,27). The molecule has 1 saturated heterocycles. The molecule has 1 aliphatic rings. The minimum Gasteiger partial charge on any atom is -0.468 e. The summed E-state index contributed by atoms with van der Waals surface area (Å²) in [6.45, 7) is 1.00. The van der Waals surface area contributed by atoms with Gasteiger partial charge < -0.3 is 19.9 Å². The molecule has 2 amide bonds. The minimum atomic E-state index is -4.43. The van der Waals surface area contributed by atoms with Gasteiger partial charge in [0.05, 0.1) is 0 Å². The van der Waals surface area contributed by atoms with Crippen LogP contribution in [0.15, 0.2) is 36.8 Å². The Kier molecular flexibility index (Phi) is 6.12. The van der Waals surface area contributed by atoms with Gasteiger partial charge in [0.1, 0.15) is 0 Å². The Morgan fingerprint density at radius 2 is 1.82 bits per heavy atom. The van der Waals surface area contributed by atoms with E-state index in [-0.39, 0.29) is 18.5 Å². The molecule has 0 bridgehead atoms. The molecule has 1 N–H and O–H groups in total. The molecule has 0 radical (unpaired) electrons. The topological polar surface area (TPSA) is 83.5 Å². The van der Waals surface area contributed by atoms with Crippen molar-refractivity contribution in [2.75, 3.05) is 37.7 Å². The lowest BCUT2D eigenvalue weighted by atomic mass is 10.2. The largest absolute Gasteiger partial charge is 0.468 e. The Balaban J connectivity index is 1.46. The number of pyridine rings is 1. The molecule has 1 fully saturated rings. The van der Waals surface area contributed by atoms with Gasteiger partial charge in [-0.1, -0.05) is 0 Å². The van der Waals surface area contributed by atoms with Crippen molar-refractivity contribution in [3.05, 3.63) is 42.4 Å². The number of hydrogen-bond acceptors (Lipinski definition) is 6. The summed E-state index contributed by atoms with van der Waals surface area (Å²) in [6, 6.07) is 4.47. The molecule has 2 aromatic rings. The summed E-state index contributed by atoms with van der Waals surface area (Å²) in [5, 5.41) is 2.75. The second kappa shape index (κ2) is 8.72. The first-order chi connectivity index (χ1) is 13.4. The number of anilines is 1. The van der Waals surface area contributed by atoms with Gasteiger partial charge >= 0.3 is 12.2 Å². The van der Waals surface area contributed by atoms with Gasteiger partial charge in [0.2, 0.25) is 11.8 Å². The van der Waals surface area contributed by atoms with Crippen LogP contribution in [-0.4, -0.2) is 64.8 Å². The van der Waals surface area contributed by atoms with E-state index < -0.39 is 12.8 Å². The van der Waals surface area contributed by atoms with Crippen LogP contribution in [0.25, 0.3) is 0 Å². The number of carbonyl (C=O) groups is 1. The van der Waals surface area contributed by atoms with Gasteiger partial charge in [-0.25, -0.2) is 19.7 Å². The second-order valence-electron chi connectivity index (χ2n) is 6.09. The average Bonchev–Trinajstić information content (AvgIpc) is 2.71. The van der Waals surface area contributed by atoms with Gasteiger partial charge in [0, 0.05) is 57.4 Å². The third kappa shape index (κ3) is 5.69. The maximum Gasteiger partial charge on any atom is 0.422 e. The summed E-state index contributed by atoms with van der Waals surface area (Å²) in [7, 11) is 0. The van der Waals surface area contributed by atoms with Crippen LogP contribution in [0.4, 0.5) is 23.9 Å². The first kappa shape index (κ1) is 19.6. The fraction of sp³-hybridized carbons (Fsp3) is 0.412. The highest BCUT2D eigenvalue weighted by molar-refractivity contribution is 5.74. The highest BCUT2D eigenvalue weighted by Crippen LogP contribution is 2.17. The molecule has 0 aromatic carbocycles. The van der Waals surface area contributed by atoms with Crippen LogP contribution in [0.1, 0.15) is 5.56 Å². The van der Waals surface area contributed by atoms with Crippen molar-refractivity contribution in [3.63, 3.8) is 0 Å². The van der Waals surface area contributed by atoms with Crippen LogP contribution in [-0.2, 0) is 6.54 Å². The van der Waals surface area contributed by atoms with Crippen molar-refractivity contribution in [1.29, 1.82) is 0 Å². The van der Waals surface area contributed by atoms with Crippen molar-refractivity contribution in [2.24, 2.45) is 0 Å². The Bertz CT molecular complexity index is 782. The zero-order valence-electron chi connectivity index (χ0n) is 14.9. The molecular formula is C17H19F3N6O2. The zero-order chi connectivity index (χ0) is 20.0. The quantitative estimate of drug-likeness (QED) is 0.831. The fourth-order valence-corrected chi connectivity index (χ4v) is 2.65. The molecule has 150 valence electrons. The van der Waals surface area contributed by atoms with Crippen molar-refractivity contribution in [2.45, 2.75) is 12.7 Å². The van der Waals surface area contributed by atoms with E-state index in [1.165, 1.54) is 12.3 Å². The summed E-state index contributed by atoms with van der Waals surface area (Å²) in [6.07, 6.45) is 0.246. The van der Waals surface area contributed by atoms with Crippen LogP contribution in [0.2, 0.25) is 0 Å². The van der Waals surface area contributed by atoms with Crippen molar-refractivity contribution < 1.29 is 22.7 Å². The van der Waals surface area contributed by atoms with Gasteiger partial charge in [0.25, 0.3) is 0 Å². The van der Waals surface area contributed by atoms with Crippen LogP contribution >= 0.6 is 0 Å². The summed E-state index contributed by atoms with van der Waals surface area (Å²) in [5.41, 5.74) is 0.594. The SMILES string of the molecule is O=C(NCc1ccnc(OCC(F)(F)F)c1)N1CCN(c2ncccn2)CC1. The average molecular weight is 396 g/mol. The lowest BCUT2D eigenvalue weighted by Crippen LogP contribution is -2.52. The molecule has 0 atom stereocenters. The Morgan fingerprint density at radius 3 is 2.50 bits per heavy atom. The molecule has 3 heterocycles. The lowest BCUT2D eigenvalue weighted by Gasteiger charge is -2.34. The minimum absolute atomic E-state index is 0.138. The van der Waals surface area contributed by atoms with E-state index in [1.807, 2.05) is 4.90 Å². The fourth-order valence-electron chi connectivity index (χ4n) is 2.65. The van der Waals surface area contributed by atoms with E-state index in [4.69, 9.17) is 0 Å². The number of amides is 2. The third-order valence-electron chi connectivity index (χ3n) is 4.03. The van der Waals surface area contributed by atoms with E-state index in [9.17, 15) is 18.0 Å². The highest BCUT2D eigenvalue weighted by atomic mass is 19.4. The molecule has 3 rings (SSSR count). The molecule has 0 spiro atoms. The van der Waals surface area contributed by atoms with Gasteiger partial charge in [-0.2, -0.15) is 13.2 Å². The zero-order valence-corrected chi connectivity index (χ0v) is 14.9. The molecule has 2 aromatic heterocycles. The van der Waals surface area contributed by atoms with E-state index in [2.05, 4.69) is 25.0 Å². The van der Waals surface area contributed by atoms with Crippen molar-refractivity contribution in [3.8, 4) is 5.88 Å². The maximum absolute atomic E-state index is 12.3. The molecule has 8 nitrogen and oxygen atoms in total. The number of urea groups is 1. The maximum atomic E-state index is 12.3. The molecular weight excluding hydrogens is 377 g/mol. The monoisotopic (exact) mass is 396 g/mol. The van der Waals surface area contributed by atoms with E-state index in [1.54, 1.807) is 29.4 Å². The normalized spacial score (nSPS) is 14.7. The summed E-state index contributed by atoms with van der Waals surface area (Å²) < 4.78 is 41.2. The number of hydrogen-bond donors (Lipinski definition) is 1.